The van der Waals surface area contributed by atoms with Crippen molar-refractivity contribution >= 4 is 11.6 Å². The topological polar surface area (TPSA) is 67.3 Å². The fourth-order valence-electron chi connectivity index (χ4n) is 4.24. The van der Waals surface area contributed by atoms with E-state index >= 15 is 0 Å². The van der Waals surface area contributed by atoms with Crippen molar-refractivity contribution in [1.82, 2.24) is 14.9 Å². The Morgan fingerprint density at radius 2 is 1.85 bits per heavy atom. The first kappa shape index (κ1) is 22.9. The zero-order chi connectivity index (χ0) is 23.2. The number of amides is 1. The molecule has 1 aromatic heterocycles. The first-order valence-corrected chi connectivity index (χ1v) is 11.3. The van der Waals surface area contributed by atoms with E-state index in [1.807, 2.05) is 32.0 Å². The van der Waals surface area contributed by atoms with Crippen LogP contribution in [-0.4, -0.2) is 47.0 Å². The van der Waals surface area contributed by atoms with Gasteiger partial charge in [0.15, 0.2) is 0 Å². The molecule has 1 fully saturated rings. The number of hydrogen-bond donors (Lipinski definition) is 1. The number of anilines is 1. The molecule has 0 radical (unpaired) electrons. The van der Waals surface area contributed by atoms with Gasteiger partial charge in [-0.3, -0.25) is 9.69 Å². The minimum absolute atomic E-state index is 0.0910. The molecule has 2 heterocycles. The molecular weight excluding hydrogens is 419 g/mol. The molecule has 1 aliphatic rings. The summed E-state index contributed by atoms with van der Waals surface area (Å²) in [5.41, 5.74) is 4.69. The summed E-state index contributed by atoms with van der Waals surface area (Å²) in [6.07, 6.45) is 4.13. The molecular formula is C26H29FN4O2. The highest BCUT2D eigenvalue weighted by molar-refractivity contribution is 5.93. The van der Waals surface area contributed by atoms with E-state index < -0.39 is 0 Å². The summed E-state index contributed by atoms with van der Waals surface area (Å²) < 4.78 is 19.6. The molecule has 172 valence electrons. The van der Waals surface area contributed by atoms with E-state index in [0.717, 1.165) is 47.9 Å². The number of rotatable bonds is 8. The Balaban J connectivity index is 1.55. The molecule has 0 atom stereocenters. The van der Waals surface area contributed by atoms with Crippen LogP contribution in [0.2, 0.25) is 0 Å². The quantitative estimate of drug-likeness (QED) is 0.547. The second kappa shape index (κ2) is 10.5. The summed E-state index contributed by atoms with van der Waals surface area (Å²) in [6, 6.07) is 11.7. The van der Waals surface area contributed by atoms with Crippen LogP contribution in [0.5, 0.6) is 5.75 Å². The highest BCUT2D eigenvalue weighted by Gasteiger charge is 2.17. The second-order valence-corrected chi connectivity index (χ2v) is 8.38. The van der Waals surface area contributed by atoms with Gasteiger partial charge in [-0.05, 0) is 75.7 Å². The Morgan fingerprint density at radius 1 is 1.09 bits per heavy atom. The molecule has 6 nitrogen and oxygen atoms in total. The van der Waals surface area contributed by atoms with Crippen LogP contribution in [0.25, 0.3) is 11.1 Å². The van der Waals surface area contributed by atoms with E-state index in [1.54, 1.807) is 18.5 Å². The maximum Gasteiger partial charge on any atom is 0.228 e. The highest BCUT2D eigenvalue weighted by Crippen LogP contribution is 2.35. The number of aryl methyl sites for hydroxylation is 2. The number of ether oxygens (including phenoxy) is 1. The standard InChI is InChI=1S/C26H29FN4O2/c1-18-26(19(2)29-17-28-18)23-16-22(30-25(32)15-20-6-5-7-21(27)14-20)8-9-24(23)33-13-12-31-10-3-4-11-31/h5-9,14,16-17H,3-4,10-13,15H2,1-2H3,(H,30,32). The molecule has 2 aromatic carbocycles. The average molecular weight is 449 g/mol. The van der Waals surface area contributed by atoms with Gasteiger partial charge in [0.2, 0.25) is 5.91 Å². The second-order valence-electron chi connectivity index (χ2n) is 8.38. The molecule has 1 aliphatic heterocycles. The van der Waals surface area contributed by atoms with Crippen molar-refractivity contribution in [3.8, 4) is 16.9 Å². The van der Waals surface area contributed by atoms with Gasteiger partial charge in [0.25, 0.3) is 0 Å². The van der Waals surface area contributed by atoms with Gasteiger partial charge in [0.1, 0.15) is 24.5 Å². The number of nitrogens with zero attached hydrogens (tertiary/aromatic N) is 3. The van der Waals surface area contributed by atoms with E-state index in [9.17, 15) is 9.18 Å². The van der Waals surface area contributed by atoms with E-state index in [4.69, 9.17) is 4.74 Å². The fraction of sp³-hybridized carbons (Fsp3) is 0.346. The van der Waals surface area contributed by atoms with Crippen molar-refractivity contribution in [3.05, 3.63) is 71.6 Å². The predicted octanol–water partition coefficient (Wildman–Crippen LogP) is 4.56. The monoisotopic (exact) mass is 448 g/mol. The van der Waals surface area contributed by atoms with Gasteiger partial charge in [0, 0.05) is 34.7 Å². The Hall–Kier alpha value is -3.32. The van der Waals surface area contributed by atoms with Gasteiger partial charge in [-0.2, -0.15) is 0 Å². The smallest absolute Gasteiger partial charge is 0.228 e. The SMILES string of the molecule is Cc1ncnc(C)c1-c1cc(NC(=O)Cc2cccc(F)c2)ccc1OCCN1CCCC1. The van der Waals surface area contributed by atoms with Gasteiger partial charge in [-0.15, -0.1) is 0 Å². The first-order valence-electron chi connectivity index (χ1n) is 11.3. The van der Waals surface area contributed by atoms with Crippen LogP contribution in [0.4, 0.5) is 10.1 Å². The molecule has 0 bridgehead atoms. The third-order valence-corrected chi connectivity index (χ3v) is 5.88. The maximum atomic E-state index is 13.4. The number of likely N-dealkylation sites (tertiary alicyclic amines) is 1. The average Bonchev–Trinajstić information content (AvgIpc) is 3.28. The Bertz CT molecular complexity index is 1110. The van der Waals surface area contributed by atoms with Crippen LogP contribution < -0.4 is 10.1 Å². The zero-order valence-corrected chi connectivity index (χ0v) is 19.1. The van der Waals surface area contributed by atoms with Crippen molar-refractivity contribution in [2.75, 3.05) is 31.6 Å². The van der Waals surface area contributed by atoms with Crippen molar-refractivity contribution in [3.63, 3.8) is 0 Å². The van der Waals surface area contributed by atoms with E-state index in [-0.39, 0.29) is 18.1 Å². The number of aromatic nitrogens is 2. The Morgan fingerprint density at radius 3 is 2.58 bits per heavy atom. The van der Waals surface area contributed by atoms with Crippen LogP contribution in [0.1, 0.15) is 29.8 Å². The summed E-state index contributed by atoms with van der Waals surface area (Å²) in [6.45, 7) is 7.59. The Labute approximate surface area is 193 Å². The lowest BCUT2D eigenvalue weighted by molar-refractivity contribution is -0.115. The fourth-order valence-corrected chi connectivity index (χ4v) is 4.24. The van der Waals surface area contributed by atoms with Crippen molar-refractivity contribution in [2.24, 2.45) is 0 Å². The number of carbonyl (C=O) groups excluding carboxylic acids is 1. The number of halogens is 1. The lowest BCUT2D eigenvalue weighted by Gasteiger charge is -2.18. The van der Waals surface area contributed by atoms with Crippen LogP contribution in [-0.2, 0) is 11.2 Å². The van der Waals surface area contributed by atoms with E-state index in [0.29, 0.717) is 17.9 Å². The molecule has 0 spiro atoms. The minimum Gasteiger partial charge on any atom is -0.492 e. The van der Waals surface area contributed by atoms with E-state index in [1.165, 1.54) is 25.0 Å². The van der Waals surface area contributed by atoms with Crippen molar-refractivity contribution in [2.45, 2.75) is 33.1 Å². The largest absolute Gasteiger partial charge is 0.492 e. The van der Waals surface area contributed by atoms with Gasteiger partial charge >= 0.3 is 0 Å². The summed E-state index contributed by atoms with van der Waals surface area (Å²) in [5.74, 6) is 0.165. The van der Waals surface area contributed by atoms with Crippen LogP contribution in [0, 0.1) is 19.7 Å². The zero-order valence-electron chi connectivity index (χ0n) is 19.1. The summed E-state index contributed by atoms with van der Waals surface area (Å²) >= 11 is 0. The summed E-state index contributed by atoms with van der Waals surface area (Å²) in [4.78, 5) is 23.7. The molecule has 1 N–H and O–H groups in total. The molecule has 0 unspecified atom stereocenters. The minimum atomic E-state index is -0.354. The van der Waals surface area contributed by atoms with Gasteiger partial charge in [-0.25, -0.2) is 14.4 Å². The molecule has 1 saturated heterocycles. The predicted molar refractivity (Wildman–Crippen MR) is 127 cm³/mol. The summed E-state index contributed by atoms with van der Waals surface area (Å²) in [5, 5.41) is 2.92. The molecule has 4 rings (SSSR count). The molecule has 1 amide bonds. The molecule has 7 heteroatoms. The summed E-state index contributed by atoms with van der Waals surface area (Å²) in [7, 11) is 0. The lowest BCUT2D eigenvalue weighted by Crippen LogP contribution is -2.25. The van der Waals surface area contributed by atoms with Gasteiger partial charge in [0.05, 0.1) is 6.42 Å². The van der Waals surface area contributed by atoms with Gasteiger partial charge in [-0.1, -0.05) is 12.1 Å². The van der Waals surface area contributed by atoms with Crippen LogP contribution >= 0.6 is 0 Å². The maximum absolute atomic E-state index is 13.4. The first-order chi connectivity index (χ1) is 16.0. The molecule has 3 aromatic rings. The Kier molecular flexibility index (Phi) is 7.29. The van der Waals surface area contributed by atoms with Crippen molar-refractivity contribution < 1.29 is 13.9 Å². The third kappa shape index (κ3) is 5.93. The normalized spacial score (nSPS) is 13.8. The number of hydrogen-bond acceptors (Lipinski definition) is 5. The molecule has 33 heavy (non-hydrogen) atoms. The number of nitrogens with one attached hydrogen (secondary N) is 1. The lowest BCUT2D eigenvalue weighted by atomic mass is 10.0. The van der Waals surface area contributed by atoms with Crippen LogP contribution in [0.15, 0.2) is 48.8 Å². The number of benzene rings is 2. The van der Waals surface area contributed by atoms with Crippen molar-refractivity contribution in [1.29, 1.82) is 0 Å². The third-order valence-electron chi connectivity index (χ3n) is 5.88. The van der Waals surface area contributed by atoms with E-state index in [2.05, 4.69) is 20.2 Å². The highest BCUT2D eigenvalue weighted by atomic mass is 19.1. The van der Waals surface area contributed by atoms with Crippen LogP contribution in [0.3, 0.4) is 0 Å². The van der Waals surface area contributed by atoms with Gasteiger partial charge < -0.3 is 10.1 Å². The number of carbonyl (C=O) groups is 1. The molecule has 0 aliphatic carbocycles. The molecule has 0 saturated carbocycles.